The molecule has 6 heteroatoms. The lowest BCUT2D eigenvalue weighted by molar-refractivity contribution is 0.0695. The van der Waals surface area contributed by atoms with Crippen molar-refractivity contribution in [2.75, 3.05) is 19.0 Å². The molecule has 2 N–H and O–H groups in total. The van der Waals surface area contributed by atoms with E-state index < -0.39 is 5.97 Å². The standard InChI is InChI=1S/C15H17N3O3/c1-10-13(14(19)20)9-17-15(18-10)16-7-6-11-4-3-5-12(8-11)21-2/h3-5,8-9H,6-7H2,1-2H3,(H,19,20)(H,16,17,18). The summed E-state index contributed by atoms with van der Waals surface area (Å²) < 4.78 is 5.17. The number of aromatic nitrogens is 2. The average molecular weight is 287 g/mol. The zero-order valence-corrected chi connectivity index (χ0v) is 12.0. The number of aryl methyl sites for hydroxylation is 1. The van der Waals surface area contributed by atoms with Crippen LogP contribution in [0.2, 0.25) is 0 Å². The normalized spacial score (nSPS) is 10.2. The number of benzene rings is 1. The molecule has 0 saturated heterocycles. The van der Waals surface area contributed by atoms with Crippen molar-refractivity contribution in [3.8, 4) is 5.75 Å². The molecule has 0 aliphatic rings. The molecule has 0 atom stereocenters. The van der Waals surface area contributed by atoms with E-state index in [-0.39, 0.29) is 5.56 Å². The number of ether oxygens (including phenoxy) is 1. The van der Waals surface area contributed by atoms with Gasteiger partial charge in [0.25, 0.3) is 0 Å². The predicted octanol–water partition coefficient (Wildman–Crippen LogP) is 2.15. The Morgan fingerprint density at radius 2 is 2.24 bits per heavy atom. The summed E-state index contributed by atoms with van der Waals surface area (Å²) >= 11 is 0. The van der Waals surface area contributed by atoms with Crippen molar-refractivity contribution in [2.45, 2.75) is 13.3 Å². The first-order valence-electron chi connectivity index (χ1n) is 6.54. The van der Waals surface area contributed by atoms with Crippen molar-refractivity contribution >= 4 is 11.9 Å². The number of anilines is 1. The fourth-order valence-electron chi connectivity index (χ4n) is 1.91. The minimum absolute atomic E-state index is 0.119. The van der Waals surface area contributed by atoms with Crippen LogP contribution in [0, 0.1) is 6.92 Å². The summed E-state index contributed by atoms with van der Waals surface area (Å²) in [7, 11) is 1.64. The number of hydrogen-bond donors (Lipinski definition) is 2. The van der Waals surface area contributed by atoms with E-state index in [0.29, 0.717) is 18.2 Å². The summed E-state index contributed by atoms with van der Waals surface area (Å²) in [6.45, 7) is 2.30. The summed E-state index contributed by atoms with van der Waals surface area (Å²) in [5.41, 5.74) is 1.70. The van der Waals surface area contributed by atoms with E-state index in [1.165, 1.54) is 6.20 Å². The number of methoxy groups -OCH3 is 1. The van der Waals surface area contributed by atoms with Gasteiger partial charge in [0.2, 0.25) is 5.95 Å². The molecule has 0 fully saturated rings. The van der Waals surface area contributed by atoms with Crippen LogP contribution in [0.4, 0.5) is 5.95 Å². The molecule has 2 aromatic rings. The second-order valence-electron chi connectivity index (χ2n) is 4.53. The number of hydrogen-bond acceptors (Lipinski definition) is 5. The maximum Gasteiger partial charge on any atom is 0.339 e. The number of nitrogens with zero attached hydrogens (tertiary/aromatic N) is 2. The highest BCUT2D eigenvalue weighted by molar-refractivity contribution is 5.88. The topological polar surface area (TPSA) is 84.3 Å². The first kappa shape index (κ1) is 14.8. The van der Waals surface area contributed by atoms with Gasteiger partial charge >= 0.3 is 5.97 Å². The lowest BCUT2D eigenvalue weighted by Crippen LogP contribution is -2.11. The van der Waals surface area contributed by atoms with Crippen LogP contribution in [0.15, 0.2) is 30.5 Å². The number of carboxylic acid groups (broad SMARTS) is 1. The van der Waals surface area contributed by atoms with Crippen LogP contribution in [0.25, 0.3) is 0 Å². The number of aromatic carboxylic acids is 1. The van der Waals surface area contributed by atoms with Gasteiger partial charge in [0.15, 0.2) is 0 Å². The molecule has 0 aliphatic heterocycles. The molecule has 110 valence electrons. The summed E-state index contributed by atoms with van der Waals surface area (Å²) in [6.07, 6.45) is 2.11. The number of rotatable bonds is 6. The summed E-state index contributed by atoms with van der Waals surface area (Å²) in [5, 5.41) is 12.0. The highest BCUT2D eigenvalue weighted by Crippen LogP contribution is 2.13. The second kappa shape index (κ2) is 6.69. The van der Waals surface area contributed by atoms with Gasteiger partial charge in [-0.2, -0.15) is 0 Å². The molecule has 0 radical (unpaired) electrons. The Morgan fingerprint density at radius 3 is 2.90 bits per heavy atom. The summed E-state index contributed by atoms with van der Waals surface area (Å²) in [6, 6.07) is 7.83. The van der Waals surface area contributed by atoms with Crippen LogP contribution >= 0.6 is 0 Å². The molecule has 0 spiro atoms. The van der Waals surface area contributed by atoms with E-state index in [9.17, 15) is 4.79 Å². The Labute approximate surface area is 122 Å². The molecule has 0 saturated carbocycles. The van der Waals surface area contributed by atoms with Crippen LogP contribution < -0.4 is 10.1 Å². The van der Waals surface area contributed by atoms with E-state index in [4.69, 9.17) is 9.84 Å². The van der Waals surface area contributed by atoms with Gasteiger partial charge in [0, 0.05) is 12.7 Å². The van der Waals surface area contributed by atoms with E-state index in [1.54, 1.807) is 14.0 Å². The van der Waals surface area contributed by atoms with Crippen molar-refractivity contribution in [1.29, 1.82) is 0 Å². The summed E-state index contributed by atoms with van der Waals surface area (Å²) in [5.74, 6) is 0.237. The summed E-state index contributed by atoms with van der Waals surface area (Å²) in [4.78, 5) is 19.0. The highest BCUT2D eigenvalue weighted by atomic mass is 16.5. The molecular weight excluding hydrogens is 270 g/mol. The molecule has 0 amide bonds. The monoisotopic (exact) mass is 287 g/mol. The molecule has 1 aromatic heterocycles. The minimum Gasteiger partial charge on any atom is -0.497 e. The van der Waals surface area contributed by atoms with Crippen molar-refractivity contribution in [1.82, 2.24) is 9.97 Å². The van der Waals surface area contributed by atoms with Crippen LogP contribution in [-0.4, -0.2) is 34.7 Å². The number of carbonyl (C=O) groups is 1. The zero-order valence-electron chi connectivity index (χ0n) is 12.0. The van der Waals surface area contributed by atoms with Gasteiger partial charge in [0.05, 0.1) is 18.4 Å². The van der Waals surface area contributed by atoms with Gasteiger partial charge in [-0.15, -0.1) is 0 Å². The minimum atomic E-state index is -1.02. The Balaban J connectivity index is 1.94. The fraction of sp³-hybridized carbons (Fsp3) is 0.267. The Kier molecular flexibility index (Phi) is 4.71. The average Bonchev–Trinajstić information content (AvgIpc) is 2.47. The highest BCUT2D eigenvalue weighted by Gasteiger charge is 2.09. The second-order valence-corrected chi connectivity index (χ2v) is 4.53. The third-order valence-corrected chi connectivity index (χ3v) is 3.04. The molecule has 0 aliphatic carbocycles. The Morgan fingerprint density at radius 1 is 1.43 bits per heavy atom. The lowest BCUT2D eigenvalue weighted by Gasteiger charge is -2.07. The van der Waals surface area contributed by atoms with E-state index in [0.717, 1.165) is 17.7 Å². The number of carboxylic acids is 1. The maximum absolute atomic E-state index is 10.9. The SMILES string of the molecule is COc1cccc(CCNc2ncc(C(=O)O)c(C)n2)c1. The quantitative estimate of drug-likeness (QED) is 0.847. The van der Waals surface area contributed by atoms with Crippen LogP contribution in [0.5, 0.6) is 5.75 Å². The predicted molar refractivity (Wildman–Crippen MR) is 78.9 cm³/mol. The van der Waals surface area contributed by atoms with E-state index >= 15 is 0 Å². The van der Waals surface area contributed by atoms with Crippen molar-refractivity contribution in [2.24, 2.45) is 0 Å². The lowest BCUT2D eigenvalue weighted by atomic mass is 10.1. The first-order chi connectivity index (χ1) is 10.1. The third kappa shape index (κ3) is 3.92. The van der Waals surface area contributed by atoms with Gasteiger partial charge in [-0.25, -0.2) is 14.8 Å². The van der Waals surface area contributed by atoms with Gasteiger partial charge in [0.1, 0.15) is 5.75 Å². The van der Waals surface area contributed by atoms with E-state index in [2.05, 4.69) is 15.3 Å². The molecule has 0 bridgehead atoms. The molecule has 1 heterocycles. The molecule has 21 heavy (non-hydrogen) atoms. The van der Waals surface area contributed by atoms with Crippen LogP contribution in [-0.2, 0) is 6.42 Å². The molecule has 2 rings (SSSR count). The first-order valence-corrected chi connectivity index (χ1v) is 6.54. The Hall–Kier alpha value is -2.63. The van der Waals surface area contributed by atoms with Crippen LogP contribution in [0.1, 0.15) is 21.6 Å². The largest absolute Gasteiger partial charge is 0.497 e. The fourth-order valence-corrected chi connectivity index (χ4v) is 1.91. The Bertz CT molecular complexity index is 644. The van der Waals surface area contributed by atoms with Crippen molar-refractivity contribution in [3.05, 3.63) is 47.3 Å². The molecule has 6 nitrogen and oxygen atoms in total. The molecule has 0 unspecified atom stereocenters. The molecular formula is C15H17N3O3. The smallest absolute Gasteiger partial charge is 0.339 e. The van der Waals surface area contributed by atoms with Gasteiger partial charge in [-0.05, 0) is 31.0 Å². The van der Waals surface area contributed by atoms with E-state index in [1.807, 2.05) is 24.3 Å². The van der Waals surface area contributed by atoms with Gasteiger partial charge in [-0.3, -0.25) is 0 Å². The zero-order chi connectivity index (χ0) is 15.2. The van der Waals surface area contributed by atoms with Gasteiger partial charge in [-0.1, -0.05) is 12.1 Å². The maximum atomic E-state index is 10.9. The number of nitrogens with one attached hydrogen (secondary N) is 1. The van der Waals surface area contributed by atoms with Gasteiger partial charge < -0.3 is 15.2 Å². The third-order valence-electron chi connectivity index (χ3n) is 3.04. The van der Waals surface area contributed by atoms with Crippen LogP contribution in [0.3, 0.4) is 0 Å². The molecule has 1 aromatic carbocycles. The van der Waals surface area contributed by atoms with Crippen molar-refractivity contribution < 1.29 is 14.6 Å². The van der Waals surface area contributed by atoms with Crippen molar-refractivity contribution in [3.63, 3.8) is 0 Å².